The molecule has 2 heterocycles. The summed E-state index contributed by atoms with van der Waals surface area (Å²) in [6.07, 6.45) is 2.10. The van der Waals surface area contributed by atoms with E-state index in [9.17, 15) is 4.79 Å². The van der Waals surface area contributed by atoms with Crippen molar-refractivity contribution in [2.75, 3.05) is 13.2 Å². The van der Waals surface area contributed by atoms with Gasteiger partial charge in [-0.25, -0.2) is 4.68 Å². The third-order valence-corrected chi connectivity index (χ3v) is 4.51. The van der Waals surface area contributed by atoms with E-state index in [-0.39, 0.29) is 12.0 Å². The summed E-state index contributed by atoms with van der Waals surface area (Å²) in [6, 6.07) is 17.3. The van der Waals surface area contributed by atoms with Crippen LogP contribution in [0.2, 0.25) is 0 Å². The molecule has 6 heteroatoms. The largest absolute Gasteiger partial charge is 0.486 e. The molecule has 0 fully saturated rings. The van der Waals surface area contributed by atoms with Gasteiger partial charge in [-0.05, 0) is 30.7 Å². The van der Waals surface area contributed by atoms with Gasteiger partial charge in [-0.1, -0.05) is 37.3 Å². The first kappa shape index (κ1) is 17.1. The molecule has 1 aliphatic rings. The average Bonchev–Trinajstić information content (AvgIpc) is 3.16. The molecular weight excluding hydrogens is 342 g/mol. The number of benzene rings is 2. The Hall–Kier alpha value is -3.28. The van der Waals surface area contributed by atoms with Crippen LogP contribution in [0, 0.1) is 0 Å². The van der Waals surface area contributed by atoms with E-state index in [1.54, 1.807) is 6.20 Å². The van der Waals surface area contributed by atoms with Crippen LogP contribution in [0.15, 0.2) is 60.8 Å². The zero-order valence-electron chi connectivity index (χ0n) is 15.1. The van der Waals surface area contributed by atoms with E-state index in [1.807, 2.05) is 66.2 Å². The lowest BCUT2D eigenvalue weighted by Gasteiger charge is -2.26. The predicted octanol–water partition coefficient (Wildman–Crippen LogP) is 3.00. The summed E-state index contributed by atoms with van der Waals surface area (Å²) in [5, 5.41) is 7.34. The number of nitrogens with one attached hydrogen (secondary N) is 1. The SMILES string of the molecule is CCc1c(C(=O)NCC2COc3ccccc3O2)cnn1-c1ccccc1. The topological polar surface area (TPSA) is 65.4 Å². The number of para-hydroxylation sites is 3. The minimum absolute atomic E-state index is 0.156. The summed E-state index contributed by atoms with van der Waals surface area (Å²) < 4.78 is 13.4. The number of rotatable bonds is 5. The number of hydrogen-bond donors (Lipinski definition) is 1. The molecule has 1 aromatic heterocycles. The van der Waals surface area contributed by atoms with Gasteiger partial charge >= 0.3 is 0 Å². The molecule has 1 aliphatic heterocycles. The minimum atomic E-state index is -0.224. The fourth-order valence-corrected chi connectivity index (χ4v) is 3.16. The van der Waals surface area contributed by atoms with Crippen LogP contribution in [-0.2, 0) is 6.42 Å². The summed E-state index contributed by atoms with van der Waals surface area (Å²) in [6.45, 7) is 2.79. The first-order valence-electron chi connectivity index (χ1n) is 9.05. The molecule has 1 unspecified atom stereocenters. The number of hydrogen-bond acceptors (Lipinski definition) is 4. The monoisotopic (exact) mass is 363 g/mol. The van der Waals surface area contributed by atoms with E-state index in [1.165, 1.54) is 0 Å². The van der Waals surface area contributed by atoms with E-state index in [4.69, 9.17) is 9.47 Å². The van der Waals surface area contributed by atoms with Crippen LogP contribution in [-0.4, -0.2) is 34.9 Å². The number of aromatic nitrogens is 2. The quantitative estimate of drug-likeness (QED) is 0.757. The van der Waals surface area contributed by atoms with E-state index < -0.39 is 0 Å². The molecule has 0 saturated heterocycles. The molecule has 0 bridgehead atoms. The normalized spacial score (nSPS) is 15.4. The van der Waals surface area contributed by atoms with Crippen molar-refractivity contribution in [2.45, 2.75) is 19.4 Å². The zero-order chi connectivity index (χ0) is 18.6. The molecule has 1 N–H and O–H groups in total. The maximum Gasteiger partial charge on any atom is 0.254 e. The van der Waals surface area contributed by atoms with Crippen LogP contribution < -0.4 is 14.8 Å². The van der Waals surface area contributed by atoms with Gasteiger partial charge in [-0.15, -0.1) is 0 Å². The first-order chi connectivity index (χ1) is 13.3. The number of ether oxygens (including phenoxy) is 2. The van der Waals surface area contributed by atoms with Gasteiger partial charge in [-0.3, -0.25) is 4.79 Å². The van der Waals surface area contributed by atoms with Crippen LogP contribution in [0.25, 0.3) is 5.69 Å². The van der Waals surface area contributed by atoms with Gasteiger partial charge in [0.1, 0.15) is 12.7 Å². The van der Waals surface area contributed by atoms with Crippen LogP contribution in [0.5, 0.6) is 11.5 Å². The molecule has 0 saturated carbocycles. The Morgan fingerprint density at radius 2 is 1.89 bits per heavy atom. The van der Waals surface area contributed by atoms with Gasteiger partial charge in [0.15, 0.2) is 11.5 Å². The summed E-state index contributed by atoms with van der Waals surface area (Å²) in [4.78, 5) is 12.7. The second kappa shape index (κ2) is 7.53. The minimum Gasteiger partial charge on any atom is -0.486 e. The smallest absolute Gasteiger partial charge is 0.254 e. The van der Waals surface area contributed by atoms with Crippen molar-refractivity contribution in [1.82, 2.24) is 15.1 Å². The van der Waals surface area contributed by atoms with Gasteiger partial charge in [-0.2, -0.15) is 5.10 Å². The maximum atomic E-state index is 12.7. The molecule has 27 heavy (non-hydrogen) atoms. The first-order valence-corrected chi connectivity index (χ1v) is 9.05. The third-order valence-electron chi connectivity index (χ3n) is 4.51. The molecule has 0 radical (unpaired) electrons. The molecule has 138 valence electrons. The van der Waals surface area contributed by atoms with Crippen LogP contribution in [0.4, 0.5) is 0 Å². The standard InChI is InChI=1S/C21H21N3O3/c1-2-18-17(13-23-24(18)15-8-4-3-5-9-15)21(25)22-12-16-14-26-19-10-6-7-11-20(19)27-16/h3-11,13,16H,2,12,14H2,1H3,(H,22,25). The van der Waals surface area contributed by atoms with Crippen LogP contribution >= 0.6 is 0 Å². The third kappa shape index (κ3) is 3.51. The highest BCUT2D eigenvalue weighted by Crippen LogP contribution is 2.30. The van der Waals surface area contributed by atoms with Gasteiger partial charge in [0.05, 0.1) is 29.7 Å². The van der Waals surface area contributed by atoms with E-state index in [0.29, 0.717) is 30.9 Å². The lowest BCUT2D eigenvalue weighted by atomic mass is 10.2. The molecule has 3 aromatic rings. The Bertz CT molecular complexity index is 937. The Morgan fingerprint density at radius 1 is 1.15 bits per heavy atom. The van der Waals surface area contributed by atoms with Crippen molar-refractivity contribution in [2.24, 2.45) is 0 Å². The predicted molar refractivity (Wildman–Crippen MR) is 102 cm³/mol. The van der Waals surface area contributed by atoms with Crippen LogP contribution in [0.1, 0.15) is 23.0 Å². The lowest BCUT2D eigenvalue weighted by molar-refractivity contribution is 0.0788. The number of carbonyl (C=O) groups excluding carboxylic acids is 1. The van der Waals surface area contributed by atoms with Crippen molar-refractivity contribution < 1.29 is 14.3 Å². The molecule has 0 aliphatic carbocycles. The second-order valence-corrected chi connectivity index (χ2v) is 6.31. The van der Waals surface area contributed by atoms with E-state index in [2.05, 4.69) is 10.4 Å². The van der Waals surface area contributed by atoms with Crippen molar-refractivity contribution in [3.8, 4) is 17.2 Å². The van der Waals surface area contributed by atoms with Crippen molar-refractivity contribution >= 4 is 5.91 Å². The summed E-state index contributed by atoms with van der Waals surface area (Å²) in [5.41, 5.74) is 2.40. The summed E-state index contributed by atoms with van der Waals surface area (Å²) in [7, 11) is 0. The zero-order valence-corrected chi connectivity index (χ0v) is 15.1. The number of nitrogens with zero attached hydrogens (tertiary/aromatic N) is 2. The van der Waals surface area contributed by atoms with Gasteiger partial charge in [0.25, 0.3) is 5.91 Å². The molecule has 1 atom stereocenters. The highest BCUT2D eigenvalue weighted by atomic mass is 16.6. The Balaban J connectivity index is 1.44. The Morgan fingerprint density at radius 3 is 2.67 bits per heavy atom. The fourth-order valence-electron chi connectivity index (χ4n) is 3.16. The molecular formula is C21H21N3O3. The number of amides is 1. The van der Waals surface area contributed by atoms with Crippen LogP contribution in [0.3, 0.4) is 0 Å². The van der Waals surface area contributed by atoms with Gasteiger partial charge in [0.2, 0.25) is 0 Å². The molecule has 2 aromatic carbocycles. The van der Waals surface area contributed by atoms with Crippen molar-refractivity contribution in [3.63, 3.8) is 0 Å². The Labute approximate surface area is 157 Å². The van der Waals surface area contributed by atoms with Crippen molar-refractivity contribution in [1.29, 1.82) is 0 Å². The molecule has 4 rings (SSSR count). The number of carbonyl (C=O) groups is 1. The molecule has 0 spiro atoms. The van der Waals surface area contributed by atoms with E-state index in [0.717, 1.165) is 17.1 Å². The summed E-state index contributed by atoms with van der Waals surface area (Å²) >= 11 is 0. The maximum absolute atomic E-state index is 12.7. The average molecular weight is 363 g/mol. The highest BCUT2D eigenvalue weighted by Gasteiger charge is 2.23. The highest BCUT2D eigenvalue weighted by molar-refractivity contribution is 5.95. The fraction of sp³-hybridized carbons (Fsp3) is 0.238. The van der Waals surface area contributed by atoms with Gasteiger partial charge in [0, 0.05) is 0 Å². The van der Waals surface area contributed by atoms with Crippen molar-refractivity contribution in [3.05, 3.63) is 72.1 Å². The summed E-state index contributed by atoms with van der Waals surface area (Å²) in [5.74, 6) is 1.28. The number of fused-ring (bicyclic) bond motifs is 1. The van der Waals surface area contributed by atoms with Gasteiger partial charge < -0.3 is 14.8 Å². The lowest BCUT2D eigenvalue weighted by Crippen LogP contribution is -2.40. The Kier molecular flexibility index (Phi) is 4.78. The molecule has 6 nitrogen and oxygen atoms in total. The van der Waals surface area contributed by atoms with E-state index >= 15 is 0 Å². The second-order valence-electron chi connectivity index (χ2n) is 6.31. The molecule has 1 amide bonds.